The molecule has 0 aliphatic rings. The summed E-state index contributed by atoms with van der Waals surface area (Å²) in [5.41, 5.74) is 7.97. The van der Waals surface area contributed by atoms with Crippen LogP contribution in [-0.2, 0) is 0 Å². The molecule has 2 aromatic heterocycles. The van der Waals surface area contributed by atoms with Gasteiger partial charge in [0.25, 0.3) is 0 Å². The van der Waals surface area contributed by atoms with Crippen molar-refractivity contribution in [1.29, 1.82) is 0 Å². The molecule has 0 bridgehead atoms. The van der Waals surface area contributed by atoms with Gasteiger partial charge in [-0.1, -0.05) is 24.4 Å². The van der Waals surface area contributed by atoms with Gasteiger partial charge in [0.15, 0.2) is 11.5 Å². The van der Waals surface area contributed by atoms with Crippen molar-refractivity contribution in [3.05, 3.63) is 42.2 Å². The van der Waals surface area contributed by atoms with Gasteiger partial charge in [-0.05, 0) is 22.6 Å². The van der Waals surface area contributed by atoms with Crippen LogP contribution in [0, 0.1) is 0 Å². The van der Waals surface area contributed by atoms with Gasteiger partial charge in [-0.15, -0.1) is 5.10 Å². The predicted molar refractivity (Wildman–Crippen MR) is 79.0 cm³/mol. The first-order chi connectivity index (χ1) is 9.66. The number of benzene rings is 1. The second-order valence-electron chi connectivity index (χ2n) is 4.19. The minimum absolute atomic E-state index is 0.360. The zero-order valence-corrected chi connectivity index (χ0v) is 11.4. The molecule has 3 rings (SSSR count). The summed E-state index contributed by atoms with van der Waals surface area (Å²) in [4.78, 5) is 6.41. The first kappa shape index (κ1) is 12.4. The van der Waals surface area contributed by atoms with E-state index in [1.807, 2.05) is 36.2 Å². The molecule has 7 nitrogen and oxygen atoms in total. The van der Waals surface area contributed by atoms with Crippen molar-refractivity contribution < 1.29 is 0 Å². The maximum absolute atomic E-state index is 5.66. The van der Waals surface area contributed by atoms with Crippen LogP contribution in [0.3, 0.4) is 0 Å². The highest BCUT2D eigenvalue weighted by Gasteiger charge is 2.11. The smallest absolute Gasteiger partial charge is 0.199 e. The quantitative estimate of drug-likeness (QED) is 0.716. The lowest BCUT2D eigenvalue weighted by Gasteiger charge is -2.19. The molecule has 3 aromatic rings. The Morgan fingerprint density at radius 1 is 1.35 bits per heavy atom. The number of nitrogens with two attached hydrogens (primary N) is 1. The normalized spacial score (nSPS) is 10.7. The van der Waals surface area contributed by atoms with E-state index in [2.05, 4.69) is 20.5 Å². The molecular formula is C12H11N7S. The topological polar surface area (TPSA) is 85.2 Å². The number of nitrogens with zero attached hydrogens (tertiary/aromatic N) is 6. The number of tetrazole rings is 1. The van der Waals surface area contributed by atoms with Gasteiger partial charge in [0, 0.05) is 18.3 Å². The van der Waals surface area contributed by atoms with Crippen LogP contribution >= 0.6 is 12.2 Å². The molecule has 100 valence electrons. The summed E-state index contributed by atoms with van der Waals surface area (Å²) in [7, 11) is 1.90. The van der Waals surface area contributed by atoms with Crippen molar-refractivity contribution in [2.24, 2.45) is 5.73 Å². The van der Waals surface area contributed by atoms with E-state index in [4.69, 9.17) is 18.0 Å². The maximum atomic E-state index is 5.66. The zero-order valence-electron chi connectivity index (χ0n) is 10.6. The summed E-state index contributed by atoms with van der Waals surface area (Å²) in [6, 6.07) is 7.62. The van der Waals surface area contributed by atoms with Gasteiger partial charge in [0.05, 0.1) is 12.4 Å². The third-order valence-corrected chi connectivity index (χ3v) is 3.19. The number of fused-ring (bicyclic) bond motifs is 1. The monoisotopic (exact) mass is 285 g/mol. The van der Waals surface area contributed by atoms with Crippen LogP contribution in [0.25, 0.3) is 5.65 Å². The third kappa shape index (κ3) is 2.05. The van der Waals surface area contributed by atoms with Crippen LogP contribution < -0.4 is 10.6 Å². The Morgan fingerprint density at radius 2 is 2.20 bits per heavy atom. The summed E-state index contributed by atoms with van der Waals surface area (Å²) in [6.45, 7) is 0. The number of anilines is 2. The Hall–Kier alpha value is -2.61. The Morgan fingerprint density at radius 3 is 3.00 bits per heavy atom. The second-order valence-corrected chi connectivity index (χ2v) is 4.63. The molecule has 1 aromatic carbocycles. The minimum atomic E-state index is 0.360. The highest BCUT2D eigenvalue weighted by Crippen LogP contribution is 2.23. The average Bonchev–Trinajstić information content (AvgIpc) is 2.95. The highest BCUT2D eigenvalue weighted by atomic mass is 32.1. The lowest BCUT2D eigenvalue weighted by molar-refractivity contribution is 0.813. The molecule has 0 saturated carbocycles. The van der Waals surface area contributed by atoms with E-state index in [1.54, 1.807) is 16.9 Å². The van der Waals surface area contributed by atoms with Crippen LogP contribution in [0.1, 0.15) is 5.56 Å². The van der Waals surface area contributed by atoms with Crippen LogP contribution in [0.2, 0.25) is 0 Å². The second kappa shape index (κ2) is 4.82. The van der Waals surface area contributed by atoms with E-state index in [0.29, 0.717) is 10.6 Å². The van der Waals surface area contributed by atoms with E-state index in [9.17, 15) is 0 Å². The molecule has 0 atom stereocenters. The molecule has 0 unspecified atom stereocenters. The molecule has 0 fully saturated rings. The predicted octanol–water partition coefficient (Wildman–Crippen LogP) is 0.921. The molecule has 0 aliphatic heterocycles. The average molecular weight is 285 g/mol. The summed E-state index contributed by atoms with van der Waals surface area (Å²) < 4.78 is 1.61. The SMILES string of the molecule is CN(c1cccc(C(N)=S)c1)c1cncc2nnnn12. The molecular weight excluding hydrogens is 274 g/mol. The summed E-state index contributed by atoms with van der Waals surface area (Å²) in [5, 5.41) is 11.5. The van der Waals surface area contributed by atoms with Crippen molar-refractivity contribution in [3.63, 3.8) is 0 Å². The van der Waals surface area contributed by atoms with E-state index < -0.39 is 0 Å². The molecule has 0 radical (unpaired) electrons. The lowest BCUT2D eigenvalue weighted by Crippen LogP contribution is -2.16. The number of thiocarbonyl (C=S) groups is 1. The summed E-state index contributed by atoms with van der Waals surface area (Å²) in [6.07, 6.45) is 3.29. The summed E-state index contributed by atoms with van der Waals surface area (Å²) >= 11 is 5.00. The van der Waals surface area contributed by atoms with Gasteiger partial charge in [-0.3, -0.25) is 4.98 Å². The van der Waals surface area contributed by atoms with Crippen LogP contribution in [0.15, 0.2) is 36.7 Å². The molecule has 2 heterocycles. The lowest BCUT2D eigenvalue weighted by atomic mass is 10.2. The van der Waals surface area contributed by atoms with Crippen molar-refractivity contribution in [1.82, 2.24) is 25.0 Å². The molecule has 0 amide bonds. The first-order valence-electron chi connectivity index (χ1n) is 5.82. The van der Waals surface area contributed by atoms with E-state index in [1.165, 1.54) is 0 Å². The number of hydrogen-bond acceptors (Lipinski definition) is 6. The van der Waals surface area contributed by atoms with Gasteiger partial charge in [0.2, 0.25) is 0 Å². The largest absolute Gasteiger partial charge is 0.389 e. The van der Waals surface area contributed by atoms with E-state index >= 15 is 0 Å². The Balaban J connectivity index is 2.08. The fourth-order valence-corrected chi connectivity index (χ4v) is 2.02. The molecule has 0 aliphatic carbocycles. The fraction of sp³-hybridized carbons (Fsp3) is 0.0833. The first-order valence-corrected chi connectivity index (χ1v) is 6.23. The Kier molecular flexibility index (Phi) is 2.99. The summed E-state index contributed by atoms with van der Waals surface area (Å²) in [5.74, 6) is 0.743. The minimum Gasteiger partial charge on any atom is -0.389 e. The van der Waals surface area contributed by atoms with Crippen molar-refractivity contribution in [2.45, 2.75) is 0 Å². The van der Waals surface area contributed by atoms with Crippen molar-refractivity contribution >= 4 is 34.4 Å². The molecule has 0 saturated heterocycles. The number of hydrogen-bond donors (Lipinski definition) is 1. The van der Waals surface area contributed by atoms with Crippen LogP contribution in [0.5, 0.6) is 0 Å². The highest BCUT2D eigenvalue weighted by molar-refractivity contribution is 7.80. The Labute approximate surface area is 120 Å². The van der Waals surface area contributed by atoms with Crippen LogP contribution in [0.4, 0.5) is 11.5 Å². The fourth-order valence-electron chi connectivity index (χ4n) is 1.89. The van der Waals surface area contributed by atoms with Gasteiger partial charge < -0.3 is 10.6 Å². The standard InChI is InChI=1S/C12H11N7S/c1-18(9-4-2-3-8(5-9)12(13)20)11-7-14-6-10-15-16-17-19(10)11/h2-7H,1H3,(H2,13,20). The third-order valence-electron chi connectivity index (χ3n) is 2.95. The maximum Gasteiger partial charge on any atom is 0.199 e. The van der Waals surface area contributed by atoms with Gasteiger partial charge in [-0.25, -0.2) is 0 Å². The Bertz CT molecular complexity index is 782. The molecule has 0 spiro atoms. The van der Waals surface area contributed by atoms with Crippen LogP contribution in [-0.4, -0.2) is 37.1 Å². The number of aromatic nitrogens is 5. The van der Waals surface area contributed by atoms with E-state index in [-0.39, 0.29) is 0 Å². The van der Waals surface area contributed by atoms with Crippen molar-refractivity contribution in [3.8, 4) is 0 Å². The zero-order chi connectivity index (χ0) is 14.1. The van der Waals surface area contributed by atoms with Gasteiger partial charge in [0.1, 0.15) is 4.99 Å². The van der Waals surface area contributed by atoms with Gasteiger partial charge >= 0.3 is 0 Å². The molecule has 2 N–H and O–H groups in total. The van der Waals surface area contributed by atoms with E-state index in [0.717, 1.165) is 17.1 Å². The molecule has 20 heavy (non-hydrogen) atoms. The van der Waals surface area contributed by atoms with Gasteiger partial charge in [-0.2, -0.15) is 4.52 Å². The number of rotatable bonds is 3. The van der Waals surface area contributed by atoms with Crippen molar-refractivity contribution in [2.75, 3.05) is 11.9 Å². The molecule has 8 heteroatoms.